The summed E-state index contributed by atoms with van der Waals surface area (Å²) in [6, 6.07) is 82.7. The van der Waals surface area contributed by atoms with E-state index in [0.717, 1.165) is 17.1 Å². The highest BCUT2D eigenvalue weighted by Crippen LogP contribution is 2.44. The van der Waals surface area contributed by atoms with Gasteiger partial charge >= 0.3 is 0 Å². The molecule has 0 bridgehead atoms. The molecule has 0 radical (unpaired) electrons. The van der Waals surface area contributed by atoms with E-state index in [0.29, 0.717) is 0 Å². The van der Waals surface area contributed by atoms with Gasteiger partial charge in [-0.3, -0.25) is 0 Å². The van der Waals surface area contributed by atoms with Crippen LogP contribution in [0.15, 0.2) is 224 Å². The maximum absolute atomic E-state index is 2.45. The lowest BCUT2D eigenvalue weighted by Gasteiger charge is -2.13. The fourth-order valence-electron chi connectivity index (χ4n) is 10.6. The van der Waals surface area contributed by atoms with Crippen LogP contribution in [0.5, 0.6) is 0 Å². The van der Waals surface area contributed by atoms with Gasteiger partial charge in [0, 0.05) is 75.1 Å². The van der Waals surface area contributed by atoms with Crippen LogP contribution in [0.3, 0.4) is 0 Å². The van der Waals surface area contributed by atoms with Crippen LogP contribution in [0.1, 0.15) is 0 Å². The normalized spacial score (nSPS) is 12.1. The number of nitrogens with zero attached hydrogens (tertiary/aromatic N) is 3. The van der Waals surface area contributed by atoms with Crippen molar-refractivity contribution in [2.75, 3.05) is 0 Å². The maximum atomic E-state index is 2.45. The first-order valence-corrected chi connectivity index (χ1v) is 22.7. The average Bonchev–Trinajstić information content (AvgIpc) is 4.10. The van der Waals surface area contributed by atoms with Gasteiger partial charge in [-0.05, 0) is 108 Å². The van der Waals surface area contributed by atoms with E-state index >= 15 is 0 Å². The number of fused-ring (bicyclic) bond motifs is 12. The van der Waals surface area contributed by atoms with Gasteiger partial charge in [-0.2, -0.15) is 0 Å². The Morgan fingerprint density at radius 2 is 0.672 bits per heavy atom. The van der Waals surface area contributed by atoms with Gasteiger partial charge in [-0.25, -0.2) is 0 Å². The lowest BCUT2D eigenvalue weighted by Crippen LogP contribution is -1.96. The van der Waals surface area contributed by atoms with E-state index in [9.17, 15) is 0 Å². The van der Waals surface area contributed by atoms with Gasteiger partial charge in [0.2, 0.25) is 0 Å². The number of benzene rings is 10. The third-order valence-corrected chi connectivity index (χ3v) is 14.7. The largest absolute Gasteiger partial charge is 0.309 e. The van der Waals surface area contributed by atoms with Crippen molar-refractivity contribution < 1.29 is 0 Å². The van der Waals surface area contributed by atoms with Crippen molar-refractivity contribution in [2.24, 2.45) is 0 Å². The van der Waals surface area contributed by atoms with E-state index in [2.05, 4.69) is 238 Å². The SMILES string of the molecule is c1ccc(-n2c3ccccc3c3cc4c5ccccc5n(-c5ccc(-c6cc(-c7ccc(-n8c9ccccc9c9ccccc98)cc7)cc7c6sc6ccccc67)cc5)c4cc32)cc1. The van der Waals surface area contributed by atoms with E-state index in [4.69, 9.17) is 0 Å². The minimum absolute atomic E-state index is 1.14. The first-order chi connectivity index (χ1) is 31.7. The zero-order valence-electron chi connectivity index (χ0n) is 34.6. The Morgan fingerprint density at radius 3 is 1.22 bits per heavy atom. The summed E-state index contributed by atoms with van der Waals surface area (Å²) in [6.07, 6.45) is 0. The van der Waals surface area contributed by atoms with Gasteiger partial charge in [0.05, 0.1) is 33.1 Å². The smallest absolute Gasteiger partial charge is 0.0562 e. The van der Waals surface area contributed by atoms with Crippen LogP contribution in [0, 0.1) is 0 Å². The zero-order chi connectivity index (χ0) is 41.9. The standard InChI is InChI=1S/C60H37N3S/c1-2-14-41(15-3-1)62-55-23-11-6-18-46(55)50-36-51-47-19-7-12-24-56(47)63(58(51)37-57(50)62)43-32-28-39(29-33-43)49-34-40(35-52-48-20-8-13-25-59(48)64-60(49)52)38-26-30-42(31-27-38)61-53-21-9-4-16-44(53)45-17-5-10-22-54(45)61/h1-37H. The summed E-state index contributed by atoms with van der Waals surface area (Å²) in [4.78, 5) is 0. The van der Waals surface area contributed by atoms with Crippen LogP contribution < -0.4 is 0 Å². The molecule has 14 aromatic rings. The molecule has 0 aliphatic rings. The first-order valence-electron chi connectivity index (χ1n) is 21.9. The van der Waals surface area contributed by atoms with Crippen LogP contribution in [0.2, 0.25) is 0 Å². The molecule has 0 aliphatic heterocycles. The fraction of sp³-hybridized carbons (Fsp3) is 0. The molecule has 0 N–H and O–H groups in total. The van der Waals surface area contributed by atoms with Crippen molar-refractivity contribution in [3.63, 3.8) is 0 Å². The average molecular weight is 832 g/mol. The molecule has 14 rings (SSSR count). The number of aromatic nitrogens is 3. The molecule has 4 aromatic heterocycles. The van der Waals surface area contributed by atoms with Crippen molar-refractivity contribution >= 4 is 96.9 Å². The van der Waals surface area contributed by atoms with Crippen molar-refractivity contribution in [1.82, 2.24) is 13.7 Å². The summed E-state index contributed by atoms with van der Waals surface area (Å²) in [5, 5.41) is 10.2. The summed E-state index contributed by atoms with van der Waals surface area (Å²) >= 11 is 1.89. The third kappa shape index (κ3) is 5.15. The molecule has 0 amide bonds. The Morgan fingerprint density at radius 1 is 0.250 bits per heavy atom. The molecule has 3 nitrogen and oxygen atoms in total. The zero-order valence-corrected chi connectivity index (χ0v) is 35.4. The number of hydrogen-bond acceptors (Lipinski definition) is 1. The molecule has 0 spiro atoms. The van der Waals surface area contributed by atoms with E-state index in [1.54, 1.807) is 0 Å². The van der Waals surface area contributed by atoms with Gasteiger partial charge in [0.1, 0.15) is 0 Å². The predicted molar refractivity (Wildman–Crippen MR) is 273 cm³/mol. The maximum Gasteiger partial charge on any atom is 0.0562 e. The van der Waals surface area contributed by atoms with Crippen molar-refractivity contribution in [2.45, 2.75) is 0 Å². The van der Waals surface area contributed by atoms with Crippen LogP contribution in [0.4, 0.5) is 0 Å². The number of hydrogen-bond donors (Lipinski definition) is 0. The lowest BCUT2D eigenvalue weighted by atomic mass is 9.95. The Hall–Kier alpha value is -8.18. The summed E-state index contributed by atoms with van der Waals surface area (Å²) in [5.74, 6) is 0. The van der Waals surface area contributed by atoms with Gasteiger partial charge in [-0.15, -0.1) is 11.3 Å². The molecular formula is C60H37N3S. The molecule has 64 heavy (non-hydrogen) atoms. The molecular weight excluding hydrogens is 795 g/mol. The Balaban J connectivity index is 0.924. The quantitative estimate of drug-likeness (QED) is 0.164. The second-order valence-corrected chi connectivity index (χ2v) is 17.9. The van der Waals surface area contributed by atoms with Crippen molar-refractivity contribution in [3.8, 4) is 39.3 Å². The Labute approximate surface area is 372 Å². The monoisotopic (exact) mass is 831 g/mol. The molecule has 0 saturated heterocycles. The van der Waals surface area contributed by atoms with E-state index in [1.165, 1.54) is 108 Å². The highest BCUT2D eigenvalue weighted by atomic mass is 32.1. The second kappa shape index (κ2) is 13.7. The number of thiophene rings is 1. The van der Waals surface area contributed by atoms with Crippen molar-refractivity contribution in [1.29, 1.82) is 0 Å². The molecule has 4 heterocycles. The Bertz CT molecular complexity index is 4110. The summed E-state index contributed by atoms with van der Waals surface area (Å²) < 4.78 is 9.87. The molecule has 4 heteroatoms. The van der Waals surface area contributed by atoms with Crippen LogP contribution >= 0.6 is 11.3 Å². The lowest BCUT2D eigenvalue weighted by molar-refractivity contribution is 1.16. The molecule has 0 fully saturated rings. The summed E-state index contributed by atoms with van der Waals surface area (Å²) in [6.45, 7) is 0. The van der Waals surface area contributed by atoms with Gasteiger partial charge < -0.3 is 13.7 Å². The topological polar surface area (TPSA) is 14.8 Å². The Kier molecular flexibility index (Phi) is 7.56. The van der Waals surface area contributed by atoms with E-state index in [-0.39, 0.29) is 0 Å². The predicted octanol–water partition coefficient (Wildman–Crippen LogP) is 16.7. The molecule has 298 valence electrons. The summed E-state index contributed by atoms with van der Waals surface area (Å²) in [7, 11) is 0. The van der Waals surface area contributed by atoms with Gasteiger partial charge in [0.15, 0.2) is 0 Å². The minimum atomic E-state index is 1.14. The highest BCUT2D eigenvalue weighted by molar-refractivity contribution is 7.26. The molecule has 0 atom stereocenters. The van der Waals surface area contributed by atoms with Gasteiger partial charge in [0.25, 0.3) is 0 Å². The number of para-hydroxylation sites is 5. The second-order valence-electron chi connectivity index (χ2n) is 16.9. The molecule has 10 aromatic carbocycles. The van der Waals surface area contributed by atoms with Crippen molar-refractivity contribution in [3.05, 3.63) is 224 Å². The molecule has 0 aliphatic carbocycles. The van der Waals surface area contributed by atoms with Crippen LogP contribution in [0.25, 0.3) is 125 Å². The van der Waals surface area contributed by atoms with Crippen LogP contribution in [-0.4, -0.2) is 13.7 Å². The first kappa shape index (κ1) is 35.4. The summed E-state index contributed by atoms with van der Waals surface area (Å²) in [5.41, 5.74) is 15.6. The molecule has 0 saturated carbocycles. The minimum Gasteiger partial charge on any atom is -0.309 e. The number of rotatable bonds is 5. The fourth-order valence-corrected chi connectivity index (χ4v) is 11.8. The molecule has 0 unspecified atom stereocenters. The van der Waals surface area contributed by atoms with E-state index < -0.39 is 0 Å². The van der Waals surface area contributed by atoms with Gasteiger partial charge in [-0.1, -0.05) is 133 Å². The third-order valence-electron chi connectivity index (χ3n) is 13.4. The highest BCUT2D eigenvalue weighted by Gasteiger charge is 2.20. The van der Waals surface area contributed by atoms with E-state index in [1.807, 2.05) is 11.3 Å². The van der Waals surface area contributed by atoms with Crippen LogP contribution in [-0.2, 0) is 0 Å².